The van der Waals surface area contributed by atoms with E-state index in [1.807, 2.05) is 30.3 Å². The molecule has 100 valence electrons. The van der Waals surface area contributed by atoms with Crippen LogP contribution in [0.5, 0.6) is 5.75 Å². The van der Waals surface area contributed by atoms with Gasteiger partial charge < -0.3 is 15.8 Å². The number of nitrogens with one attached hydrogen (secondary N) is 1. The number of rotatable bonds is 6. The van der Waals surface area contributed by atoms with Crippen molar-refractivity contribution >= 4 is 22.4 Å². The normalized spacial score (nSPS) is 14.3. The third-order valence-electron chi connectivity index (χ3n) is 3.14. The van der Waals surface area contributed by atoms with Crippen LogP contribution >= 0.6 is 11.5 Å². The average Bonchev–Trinajstić information content (AvgIpc) is 3.20. The first kappa shape index (κ1) is 12.3. The van der Waals surface area contributed by atoms with Gasteiger partial charge in [0, 0.05) is 12.1 Å². The molecule has 1 heterocycles. The van der Waals surface area contributed by atoms with Gasteiger partial charge in [0.05, 0.1) is 0 Å². The highest BCUT2D eigenvalue weighted by Gasteiger charge is 2.30. The molecule has 19 heavy (non-hydrogen) atoms. The zero-order valence-corrected chi connectivity index (χ0v) is 11.5. The van der Waals surface area contributed by atoms with Crippen molar-refractivity contribution in [3.63, 3.8) is 0 Å². The van der Waals surface area contributed by atoms with E-state index < -0.39 is 0 Å². The lowest BCUT2D eigenvalue weighted by Gasteiger charge is -2.08. The second-order valence-electron chi connectivity index (χ2n) is 4.67. The number of para-hydroxylation sites is 1. The fraction of sp³-hybridized carbons (Fsp3) is 0.357. The number of nitrogens with two attached hydrogens (primary N) is 1. The van der Waals surface area contributed by atoms with Crippen LogP contribution in [-0.4, -0.2) is 17.5 Å². The van der Waals surface area contributed by atoms with Gasteiger partial charge in [-0.25, -0.2) is 0 Å². The molecule has 0 radical (unpaired) electrons. The molecule has 0 bridgehead atoms. The first-order chi connectivity index (χ1) is 9.34. The average molecular weight is 275 g/mol. The Morgan fingerprint density at radius 2 is 2.11 bits per heavy atom. The highest BCUT2D eigenvalue weighted by Crippen LogP contribution is 2.47. The van der Waals surface area contributed by atoms with Gasteiger partial charge in [0.1, 0.15) is 23.2 Å². The predicted octanol–water partition coefficient (Wildman–Crippen LogP) is 3.09. The Kier molecular flexibility index (Phi) is 3.55. The van der Waals surface area contributed by atoms with Crippen LogP contribution in [0.4, 0.5) is 10.8 Å². The molecule has 1 saturated carbocycles. The maximum absolute atomic E-state index is 5.91. The van der Waals surface area contributed by atoms with Gasteiger partial charge in [-0.3, -0.25) is 0 Å². The summed E-state index contributed by atoms with van der Waals surface area (Å²) in [4.78, 5) is 0. The Hall–Kier alpha value is -1.75. The largest absolute Gasteiger partial charge is 0.492 e. The highest BCUT2D eigenvalue weighted by molar-refractivity contribution is 7.10. The van der Waals surface area contributed by atoms with Crippen molar-refractivity contribution in [1.82, 2.24) is 4.37 Å². The third-order valence-corrected chi connectivity index (χ3v) is 3.98. The molecule has 3 N–H and O–H groups in total. The first-order valence-electron chi connectivity index (χ1n) is 6.51. The maximum Gasteiger partial charge on any atom is 0.142 e. The minimum absolute atomic E-state index is 0.622. The number of anilines is 2. The second kappa shape index (κ2) is 5.48. The summed E-state index contributed by atoms with van der Waals surface area (Å²) in [6.07, 6.45) is 2.47. The summed E-state index contributed by atoms with van der Waals surface area (Å²) in [5, 5.41) is 4.48. The quantitative estimate of drug-likeness (QED) is 0.795. The van der Waals surface area contributed by atoms with Crippen LogP contribution < -0.4 is 15.8 Å². The molecule has 1 aliphatic carbocycles. The fourth-order valence-electron chi connectivity index (χ4n) is 2.05. The van der Waals surface area contributed by atoms with E-state index in [1.165, 1.54) is 29.9 Å². The molecule has 1 aromatic heterocycles. The number of hydrogen-bond donors (Lipinski definition) is 2. The van der Waals surface area contributed by atoms with Gasteiger partial charge in [-0.05, 0) is 42.4 Å². The second-order valence-corrected chi connectivity index (χ2v) is 5.45. The van der Waals surface area contributed by atoms with Crippen LogP contribution in [-0.2, 0) is 0 Å². The van der Waals surface area contributed by atoms with Crippen LogP contribution in [0.25, 0.3) is 0 Å². The van der Waals surface area contributed by atoms with Gasteiger partial charge in [-0.2, -0.15) is 4.37 Å². The highest BCUT2D eigenvalue weighted by atomic mass is 32.1. The summed E-state index contributed by atoms with van der Waals surface area (Å²) in [5.41, 5.74) is 7.12. The zero-order chi connectivity index (χ0) is 13.1. The molecule has 3 rings (SSSR count). The summed E-state index contributed by atoms with van der Waals surface area (Å²) in [7, 11) is 0. The van der Waals surface area contributed by atoms with Crippen molar-refractivity contribution in [2.75, 3.05) is 24.2 Å². The van der Waals surface area contributed by atoms with Crippen molar-refractivity contribution in [3.8, 4) is 5.75 Å². The van der Waals surface area contributed by atoms with E-state index in [0.717, 1.165) is 17.3 Å². The third kappa shape index (κ3) is 2.98. The maximum atomic E-state index is 5.91. The summed E-state index contributed by atoms with van der Waals surface area (Å²) < 4.78 is 9.87. The Morgan fingerprint density at radius 1 is 1.32 bits per heavy atom. The van der Waals surface area contributed by atoms with E-state index in [2.05, 4.69) is 9.69 Å². The van der Waals surface area contributed by atoms with Crippen LogP contribution in [0.3, 0.4) is 0 Å². The summed E-state index contributed by atoms with van der Waals surface area (Å²) >= 11 is 1.45. The smallest absolute Gasteiger partial charge is 0.142 e. The molecule has 5 heteroatoms. The van der Waals surface area contributed by atoms with E-state index in [9.17, 15) is 0 Å². The number of ether oxygens (including phenoxy) is 1. The fourth-order valence-corrected chi connectivity index (χ4v) is 2.88. The van der Waals surface area contributed by atoms with Gasteiger partial charge in [0.15, 0.2) is 0 Å². The zero-order valence-electron chi connectivity index (χ0n) is 10.6. The van der Waals surface area contributed by atoms with Crippen LogP contribution in [0, 0.1) is 0 Å². The molecule has 2 aromatic rings. The van der Waals surface area contributed by atoms with Gasteiger partial charge in [-0.15, -0.1) is 0 Å². The molecule has 1 aromatic carbocycles. The minimum atomic E-state index is 0.622. The molecular weight excluding hydrogens is 258 g/mol. The molecule has 0 amide bonds. The van der Waals surface area contributed by atoms with Gasteiger partial charge in [-0.1, -0.05) is 18.2 Å². The summed E-state index contributed by atoms with van der Waals surface area (Å²) in [5.74, 6) is 2.21. The van der Waals surface area contributed by atoms with Crippen LogP contribution in [0.2, 0.25) is 0 Å². The molecule has 0 aliphatic heterocycles. The van der Waals surface area contributed by atoms with Crippen molar-refractivity contribution < 1.29 is 4.74 Å². The van der Waals surface area contributed by atoms with Crippen molar-refractivity contribution in [2.24, 2.45) is 0 Å². The van der Waals surface area contributed by atoms with E-state index >= 15 is 0 Å². The van der Waals surface area contributed by atoms with E-state index in [-0.39, 0.29) is 0 Å². The standard InChI is InChI=1S/C14H17N3OS/c15-13-12(10-6-7-10)14(19-17-13)16-8-9-18-11-4-2-1-3-5-11/h1-5,10,16H,6-9H2,(H2,15,17). The number of hydrogen-bond acceptors (Lipinski definition) is 5. The summed E-state index contributed by atoms with van der Waals surface area (Å²) in [6, 6.07) is 9.84. The van der Waals surface area contributed by atoms with Crippen molar-refractivity contribution in [3.05, 3.63) is 35.9 Å². The molecular formula is C14H17N3OS. The van der Waals surface area contributed by atoms with Crippen LogP contribution in [0.15, 0.2) is 30.3 Å². The Balaban J connectivity index is 1.50. The summed E-state index contributed by atoms with van der Waals surface area (Å²) in [6.45, 7) is 1.39. The molecule has 0 saturated heterocycles. The van der Waals surface area contributed by atoms with Gasteiger partial charge >= 0.3 is 0 Å². The Morgan fingerprint density at radius 3 is 2.84 bits per heavy atom. The SMILES string of the molecule is Nc1nsc(NCCOc2ccccc2)c1C1CC1. The molecule has 0 unspecified atom stereocenters. The Labute approximate surface area is 116 Å². The first-order valence-corrected chi connectivity index (χ1v) is 7.28. The lowest BCUT2D eigenvalue weighted by molar-refractivity contribution is 0.333. The van der Waals surface area contributed by atoms with Crippen LogP contribution in [0.1, 0.15) is 24.3 Å². The molecule has 0 spiro atoms. The molecule has 1 aliphatic rings. The number of benzene rings is 1. The minimum Gasteiger partial charge on any atom is -0.492 e. The van der Waals surface area contributed by atoms with E-state index in [1.54, 1.807) is 0 Å². The topological polar surface area (TPSA) is 60.2 Å². The van der Waals surface area contributed by atoms with E-state index in [0.29, 0.717) is 18.3 Å². The lowest BCUT2D eigenvalue weighted by Crippen LogP contribution is -2.11. The number of nitrogen functional groups attached to an aromatic ring is 1. The van der Waals surface area contributed by atoms with Gasteiger partial charge in [0.25, 0.3) is 0 Å². The lowest BCUT2D eigenvalue weighted by atomic mass is 10.2. The van der Waals surface area contributed by atoms with Crippen molar-refractivity contribution in [2.45, 2.75) is 18.8 Å². The van der Waals surface area contributed by atoms with Crippen molar-refractivity contribution in [1.29, 1.82) is 0 Å². The monoisotopic (exact) mass is 275 g/mol. The van der Waals surface area contributed by atoms with E-state index in [4.69, 9.17) is 10.5 Å². The molecule has 0 atom stereocenters. The molecule has 1 fully saturated rings. The number of aromatic nitrogens is 1. The predicted molar refractivity (Wildman–Crippen MR) is 78.9 cm³/mol. The van der Waals surface area contributed by atoms with Gasteiger partial charge in [0.2, 0.25) is 0 Å². The Bertz CT molecular complexity index is 537. The number of nitrogens with zero attached hydrogens (tertiary/aromatic N) is 1. The molecule has 4 nitrogen and oxygen atoms in total.